The van der Waals surface area contributed by atoms with Gasteiger partial charge in [0.05, 0.1) is 6.10 Å². The molecular weight excluding hydrogens is 236 g/mol. The lowest BCUT2D eigenvalue weighted by atomic mass is 9.89. The van der Waals surface area contributed by atoms with Crippen LogP contribution in [0.1, 0.15) is 51.9 Å². The summed E-state index contributed by atoms with van der Waals surface area (Å²) in [5.41, 5.74) is 0. The minimum absolute atomic E-state index is 0.180. The average molecular weight is 268 g/mol. The molecule has 0 bridgehead atoms. The van der Waals surface area contributed by atoms with E-state index >= 15 is 0 Å². The van der Waals surface area contributed by atoms with Crippen molar-refractivity contribution in [3.63, 3.8) is 0 Å². The van der Waals surface area contributed by atoms with Crippen LogP contribution in [-0.2, 0) is 0 Å². The number of rotatable bonds is 6. The number of hydrogen-bond acceptors (Lipinski definition) is 3. The van der Waals surface area contributed by atoms with E-state index in [4.69, 9.17) is 0 Å². The molecule has 2 rings (SSSR count). The average Bonchev–Trinajstić information content (AvgIpc) is 2.41. The van der Waals surface area contributed by atoms with Crippen molar-refractivity contribution in [2.75, 3.05) is 32.7 Å². The molecule has 19 heavy (non-hydrogen) atoms. The predicted octanol–water partition coefficient (Wildman–Crippen LogP) is 2.25. The minimum Gasteiger partial charge on any atom is -0.392 e. The Balaban J connectivity index is 1.53. The van der Waals surface area contributed by atoms with Gasteiger partial charge in [-0.2, -0.15) is 0 Å². The third-order valence-corrected chi connectivity index (χ3v) is 4.82. The normalized spacial score (nSPS) is 25.6. The highest BCUT2D eigenvalue weighted by atomic mass is 16.3. The lowest BCUT2D eigenvalue weighted by Crippen LogP contribution is -2.40. The number of nitrogens with one attached hydrogen (secondary N) is 1. The lowest BCUT2D eigenvalue weighted by Gasteiger charge is -2.33. The summed E-state index contributed by atoms with van der Waals surface area (Å²) in [7, 11) is 0. The summed E-state index contributed by atoms with van der Waals surface area (Å²) in [6.45, 7) is 7.52. The van der Waals surface area contributed by atoms with E-state index in [9.17, 15) is 5.11 Å². The Morgan fingerprint density at radius 2 is 1.58 bits per heavy atom. The van der Waals surface area contributed by atoms with Crippen molar-refractivity contribution < 1.29 is 5.11 Å². The Morgan fingerprint density at radius 3 is 2.16 bits per heavy atom. The first-order valence-corrected chi connectivity index (χ1v) is 8.35. The Kier molecular flexibility index (Phi) is 6.62. The number of likely N-dealkylation sites (tertiary alicyclic amines) is 1. The molecule has 0 spiro atoms. The fourth-order valence-electron chi connectivity index (χ4n) is 3.63. The van der Waals surface area contributed by atoms with Gasteiger partial charge in [-0.25, -0.2) is 0 Å². The molecule has 1 atom stereocenters. The molecule has 2 fully saturated rings. The molecule has 3 nitrogen and oxygen atoms in total. The fraction of sp³-hybridized carbons (Fsp3) is 1.00. The second-order valence-corrected chi connectivity index (χ2v) is 6.76. The molecule has 0 unspecified atom stereocenters. The number of aliphatic hydroxyl groups excluding tert-OH is 1. The van der Waals surface area contributed by atoms with Crippen LogP contribution in [0.15, 0.2) is 0 Å². The van der Waals surface area contributed by atoms with Crippen molar-refractivity contribution in [1.82, 2.24) is 10.2 Å². The smallest absolute Gasteiger partial charge is 0.0639 e. The molecule has 0 radical (unpaired) electrons. The summed E-state index contributed by atoms with van der Waals surface area (Å²) in [6, 6.07) is 0. The molecule has 1 heterocycles. The van der Waals surface area contributed by atoms with Gasteiger partial charge in [-0.1, -0.05) is 19.3 Å². The van der Waals surface area contributed by atoms with Crippen LogP contribution in [0.3, 0.4) is 0 Å². The molecule has 2 aliphatic rings. The molecule has 1 saturated heterocycles. The molecule has 112 valence electrons. The van der Waals surface area contributed by atoms with Gasteiger partial charge in [0, 0.05) is 6.54 Å². The third kappa shape index (κ3) is 5.80. The topological polar surface area (TPSA) is 35.5 Å². The van der Waals surface area contributed by atoms with E-state index in [-0.39, 0.29) is 6.10 Å². The molecule has 0 amide bonds. The van der Waals surface area contributed by atoms with E-state index in [1.165, 1.54) is 71.1 Å². The summed E-state index contributed by atoms with van der Waals surface area (Å²) in [4.78, 5) is 2.41. The maximum absolute atomic E-state index is 9.40. The van der Waals surface area contributed by atoms with Gasteiger partial charge in [0.1, 0.15) is 0 Å². The molecule has 0 aromatic carbocycles. The van der Waals surface area contributed by atoms with Crippen molar-refractivity contribution in [1.29, 1.82) is 0 Å². The van der Waals surface area contributed by atoms with Crippen LogP contribution in [0.5, 0.6) is 0 Å². The monoisotopic (exact) mass is 268 g/mol. The Labute approximate surface area is 118 Å². The summed E-state index contributed by atoms with van der Waals surface area (Å²) < 4.78 is 0. The zero-order valence-electron chi connectivity index (χ0n) is 12.6. The van der Waals surface area contributed by atoms with Crippen molar-refractivity contribution in [2.24, 2.45) is 11.8 Å². The van der Waals surface area contributed by atoms with Gasteiger partial charge >= 0.3 is 0 Å². The molecular formula is C16H32N2O. The predicted molar refractivity (Wildman–Crippen MR) is 80.3 cm³/mol. The van der Waals surface area contributed by atoms with Crippen molar-refractivity contribution >= 4 is 0 Å². The highest BCUT2D eigenvalue weighted by Crippen LogP contribution is 2.23. The van der Waals surface area contributed by atoms with Gasteiger partial charge in [-0.3, -0.25) is 0 Å². The Bertz CT molecular complexity index is 231. The Morgan fingerprint density at radius 1 is 1.00 bits per heavy atom. The Hall–Kier alpha value is -0.120. The number of piperidine rings is 1. The minimum atomic E-state index is -0.180. The van der Waals surface area contributed by atoms with Crippen molar-refractivity contribution in [3.05, 3.63) is 0 Å². The first kappa shape index (κ1) is 15.3. The molecule has 2 N–H and O–H groups in total. The van der Waals surface area contributed by atoms with E-state index in [1.54, 1.807) is 0 Å². The zero-order valence-corrected chi connectivity index (χ0v) is 12.6. The first-order valence-electron chi connectivity index (χ1n) is 8.35. The van der Waals surface area contributed by atoms with Crippen LogP contribution >= 0.6 is 0 Å². The van der Waals surface area contributed by atoms with Crippen LogP contribution < -0.4 is 5.32 Å². The van der Waals surface area contributed by atoms with E-state index < -0.39 is 0 Å². The van der Waals surface area contributed by atoms with E-state index in [0.29, 0.717) is 0 Å². The van der Waals surface area contributed by atoms with Crippen molar-refractivity contribution in [2.45, 2.75) is 58.0 Å². The van der Waals surface area contributed by atoms with Crippen LogP contribution in [0.4, 0.5) is 0 Å². The fourth-order valence-corrected chi connectivity index (χ4v) is 3.63. The molecule has 3 heteroatoms. The maximum Gasteiger partial charge on any atom is 0.0639 e. The van der Waals surface area contributed by atoms with Gasteiger partial charge < -0.3 is 15.3 Å². The van der Waals surface area contributed by atoms with Gasteiger partial charge in [-0.15, -0.1) is 0 Å². The molecule has 1 aliphatic heterocycles. The number of nitrogens with zero attached hydrogens (tertiary/aromatic N) is 1. The third-order valence-electron chi connectivity index (χ3n) is 4.82. The maximum atomic E-state index is 9.40. The summed E-state index contributed by atoms with van der Waals surface area (Å²) >= 11 is 0. The van der Waals surface area contributed by atoms with Crippen molar-refractivity contribution in [3.8, 4) is 0 Å². The summed E-state index contributed by atoms with van der Waals surface area (Å²) in [6.07, 6.45) is 9.65. The van der Waals surface area contributed by atoms with E-state index in [0.717, 1.165) is 18.4 Å². The van der Waals surface area contributed by atoms with Crippen LogP contribution in [0.25, 0.3) is 0 Å². The SMILES string of the molecule is C[C@@H](O)CN1CCC(CNCC2CCCCC2)CC1. The van der Waals surface area contributed by atoms with Gasteiger partial charge in [0.15, 0.2) is 0 Å². The molecule has 0 aromatic heterocycles. The highest BCUT2D eigenvalue weighted by molar-refractivity contribution is 4.76. The molecule has 1 saturated carbocycles. The zero-order chi connectivity index (χ0) is 13.5. The lowest BCUT2D eigenvalue weighted by molar-refractivity contribution is 0.0995. The first-order chi connectivity index (χ1) is 9.24. The summed E-state index contributed by atoms with van der Waals surface area (Å²) in [5, 5.41) is 13.1. The van der Waals surface area contributed by atoms with Crippen LogP contribution in [0.2, 0.25) is 0 Å². The number of aliphatic hydroxyl groups is 1. The van der Waals surface area contributed by atoms with Gasteiger partial charge in [0.25, 0.3) is 0 Å². The molecule has 0 aromatic rings. The standard InChI is InChI=1S/C16H32N2O/c1-14(19)13-18-9-7-16(8-10-18)12-17-11-15-5-3-2-4-6-15/h14-17,19H,2-13H2,1H3/t14-/m1/s1. The van der Waals surface area contributed by atoms with Crippen LogP contribution in [0, 0.1) is 11.8 Å². The van der Waals surface area contributed by atoms with E-state index in [2.05, 4.69) is 10.2 Å². The second kappa shape index (κ2) is 8.23. The van der Waals surface area contributed by atoms with Gasteiger partial charge in [0.2, 0.25) is 0 Å². The van der Waals surface area contributed by atoms with Crippen LogP contribution in [-0.4, -0.2) is 48.8 Å². The summed E-state index contributed by atoms with van der Waals surface area (Å²) in [5.74, 6) is 1.80. The second-order valence-electron chi connectivity index (χ2n) is 6.76. The van der Waals surface area contributed by atoms with E-state index in [1.807, 2.05) is 6.92 Å². The quantitative estimate of drug-likeness (QED) is 0.775. The highest BCUT2D eigenvalue weighted by Gasteiger charge is 2.20. The number of β-amino-alcohol motifs (C(OH)–C–C–N with tert-alkyl or cyclic N) is 1. The molecule has 1 aliphatic carbocycles. The largest absolute Gasteiger partial charge is 0.392 e. The van der Waals surface area contributed by atoms with Gasteiger partial charge in [-0.05, 0) is 70.6 Å². The number of hydrogen-bond donors (Lipinski definition) is 2.